The van der Waals surface area contributed by atoms with Gasteiger partial charge in [-0.25, -0.2) is 4.79 Å². The predicted octanol–water partition coefficient (Wildman–Crippen LogP) is 3.73. The van der Waals surface area contributed by atoms with E-state index in [1.54, 1.807) is 12.3 Å². The lowest BCUT2D eigenvalue weighted by Gasteiger charge is -2.09. The largest absolute Gasteiger partial charge is 0.478 e. The summed E-state index contributed by atoms with van der Waals surface area (Å²) >= 11 is 5.85. The number of anilines is 2. The number of carbonyl (C=O) groups is 1. The van der Waals surface area contributed by atoms with E-state index in [1.807, 2.05) is 24.3 Å². The molecule has 0 aliphatic rings. The lowest BCUT2D eigenvalue weighted by Crippen LogP contribution is -2.01. The van der Waals surface area contributed by atoms with Crippen LogP contribution in [-0.4, -0.2) is 21.3 Å². The van der Waals surface area contributed by atoms with Gasteiger partial charge in [0.15, 0.2) is 5.82 Å². The maximum atomic E-state index is 11.1. The summed E-state index contributed by atoms with van der Waals surface area (Å²) < 4.78 is 0. The minimum atomic E-state index is -1.08. The van der Waals surface area contributed by atoms with Crippen LogP contribution >= 0.6 is 11.6 Å². The monoisotopic (exact) mass is 299 g/mol. The molecule has 2 aromatic carbocycles. The summed E-state index contributed by atoms with van der Waals surface area (Å²) in [5, 5.41) is 22.2. The summed E-state index contributed by atoms with van der Waals surface area (Å²) in [4.78, 5) is 11.1. The second-order valence-electron chi connectivity index (χ2n) is 4.41. The van der Waals surface area contributed by atoms with Gasteiger partial charge in [-0.05, 0) is 18.2 Å². The number of carboxylic acid groups (broad SMARTS) is 1. The fraction of sp³-hybridized carbons (Fsp3) is 0. The van der Waals surface area contributed by atoms with Crippen molar-refractivity contribution in [1.82, 2.24) is 10.2 Å². The Bertz CT molecular complexity index is 831. The van der Waals surface area contributed by atoms with Crippen LogP contribution in [0.1, 0.15) is 10.4 Å². The minimum Gasteiger partial charge on any atom is -0.478 e. The van der Waals surface area contributed by atoms with Gasteiger partial charge in [-0.1, -0.05) is 35.9 Å². The van der Waals surface area contributed by atoms with Gasteiger partial charge in [-0.15, -0.1) is 5.10 Å². The minimum absolute atomic E-state index is 0.0369. The van der Waals surface area contributed by atoms with E-state index in [4.69, 9.17) is 16.7 Å². The van der Waals surface area contributed by atoms with Crippen LogP contribution in [0.3, 0.4) is 0 Å². The number of aromatic nitrogens is 2. The Morgan fingerprint density at radius 2 is 2.00 bits per heavy atom. The fourth-order valence-electron chi connectivity index (χ4n) is 2.02. The Labute approximate surface area is 125 Å². The van der Waals surface area contributed by atoms with E-state index in [2.05, 4.69) is 15.5 Å². The van der Waals surface area contributed by atoms with E-state index in [-0.39, 0.29) is 10.6 Å². The van der Waals surface area contributed by atoms with Gasteiger partial charge in [0.1, 0.15) is 0 Å². The Balaban J connectivity index is 2.03. The highest BCUT2D eigenvalue weighted by atomic mass is 35.5. The number of halogens is 1. The summed E-state index contributed by atoms with van der Waals surface area (Å²) in [5.74, 6) is -0.514. The number of hydrogen-bond acceptors (Lipinski definition) is 4. The second kappa shape index (κ2) is 5.38. The highest BCUT2D eigenvalue weighted by molar-refractivity contribution is 6.33. The van der Waals surface area contributed by atoms with E-state index in [0.717, 1.165) is 10.8 Å². The first kappa shape index (κ1) is 13.3. The van der Waals surface area contributed by atoms with Gasteiger partial charge in [-0.3, -0.25) is 0 Å². The number of carboxylic acids is 1. The first-order valence-corrected chi connectivity index (χ1v) is 6.53. The first-order valence-electron chi connectivity index (χ1n) is 6.15. The quantitative estimate of drug-likeness (QED) is 0.771. The Morgan fingerprint density at radius 1 is 1.19 bits per heavy atom. The van der Waals surface area contributed by atoms with Crippen LogP contribution in [0.2, 0.25) is 5.02 Å². The zero-order valence-electron chi connectivity index (χ0n) is 10.7. The van der Waals surface area contributed by atoms with E-state index in [1.165, 1.54) is 12.1 Å². The zero-order chi connectivity index (χ0) is 14.8. The van der Waals surface area contributed by atoms with E-state index in [0.29, 0.717) is 11.5 Å². The van der Waals surface area contributed by atoms with Crippen molar-refractivity contribution in [2.24, 2.45) is 0 Å². The topological polar surface area (TPSA) is 75.1 Å². The van der Waals surface area contributed by atoms with Crippen LogP contribution in [0.15, 0.2) is 48.7 Å². The number of fused-ring (bicyclic) bond motifs is 1. The number of nitrogens with one attached hydrogen (secondary N) is 1. The third-order valence-electron chi connectivity index (χ3n) is 3.03. The molecule has 0 radical (unpaired) electrons. The van der Waals surface area contributed by atoms with Crippen molar-refractivity contribution in [2.75, 3.05) is 5.32 Å². The van der Waals surface area contributed by atoms with Crippen LogP contribution < -0.4 is 5.32 Å². The van der Waals surface area contributed by atoms with Gasteiger partial charge < -0.3 is 10.4 Å². The molecular weight excluding hydrogens is 290 g/mol. The maximum absolute atomic E-state index is 11.1. The molecule has 0 spiro atoms. The molecule has 0 saturated heterocycles. The van der Waals surface area contributed by atoms with Gasteiger partial charge in [0.2, 0.25) is 0 Å². The third kappa shape index (κ3) is 2.64. The highest BCUT2D eigenvalue weighted by Gasteiger charge is 2.10. The second-order valence-corrected chi connectivity index (χ2v) is 4.81. The normalized spacial score (nSPS) is 10.5. The average Bonchev–Trinajstić information content (AvgIpc) is 2.49. The van der Waals surface area contributed by atoms with Crippen LogP contribution in [0.25, 0.3) is 10.8 Å². The van der Waals surface area contributed by atoms with Gasteiger partial charge in [-0.2, -0.15) is 5.10 Å². The van der Waals surface area contributed by atoms with E-state index in [9.17, 15) is 4.79 Å². The number of rotatable bonds is 3. The average molecular weight is 300 g/mol. The molecule has 0 amide bonds. The van der Waals surface area contributed by atoms with E-state index < -0.39 is 5.97 Å². The summed E-state index contributed by atoms with van der Waals surface area (Å²) in [7, 11) is 0. The summed E-state index contributed by atoms with van der Waals surface area (Å²) in [5.41, 5.74) is 0.623. The lowest BCUT2D eigenvalue weighted by molar-refractivity contribution is 0.0697. The Kier molecular flexibility index (Phi) is 3.41. The van der Waals surface area contributed by atoms with Gasteiger partial charge in [0.25, 0.3) is 0 Å². The van der Waals surface area contributed by atoms with Crippen LogP contribution in [0.4, 0.5) is 11.5 Å². The van der Waals surface area contributed by atoms with Crippen LogP contribution in [0.5, 0.6) is 0 Å². The standard InChI is InChI=1S/C15H10ClN3O2/c16-13-6-5-10(7-12(13)15(20)21)18-14-11-4-2-1-3-9(11)8-17-19-14/h1-8H,(H,18,19)(H,20,21). The Morgan fingerprint density at radius 3 is 2.81 bits per heavy atom. The van der Waals surface area contributed by atoms with Crippen LogP contribution in [0, 0.1) is 0 Å². The SMILES string of the molecule is O=C(O)c1cc(Nc2nncc3ccccc23)ccc1Cl. The molecule has 1 aromatic heterocycles. The summed E-state index contributed by atoms with van der Waals surface area (Å²) in [6, 6.07) is 12.4. The maximum Gasteiger partial charge on any atom is 0.337 e. The van der Waals surface area contributed by atoms with Crippen molar-refractivity contribution in [3.05, 3.63) is 59.2 Å². The first-order chi connectivity index (χ1) is 10.1. The van der Waals surface area contributed by atoms with Crippen molar-refractivity contribution in [2.45, 2.75) is 0 Å². The zero-order valence-corrected chi connectivity index (χ0v) is 11.5. The molecule has 0 bridgehead atoms. The molecule has 3 aromatic rings. The molecule has 21 heavy (non-hydrogen) atoms. The molecule has 3 rings (SSSR count). The third-order valence-corrected chi connectivity index (χ3v) is 3.36. The van der Waals surface area contributed by atoms with Gasteiger partial charge in [0, 0.05) is 16.5 Å². The molecule has 0 saturated carbocycles. The van der Waals surface area contributed by atoms with Gasteiger partial charge >= 0.3 is 5.97 Å². The molecule has 104 valence electrons. The molecule has 0 aliphatic heterocycles. The smallest absolute Gasteiger partial charge is 0.337 e. The lowest BCUT2D eigenvalue weighted by atomic mass is 10.1. The molecule has 2 N–H and O–H groups in total. The van der Waals surface area contributed by atoms with Crippen molar-refractivity contribution < 1.29 is 9.90 Å². The van der Waals surface area contributed by atoms with Crippen molar-refractivity contribution in [1.29, 1.82) is 0 Å². The molecular formula is C15H10ClN3O2. The molecule has 5 nitrogen and oxygen atoms in total. The molecule has 0 atom stereocenters. The molecule has 0 unspecified atom stereocenters. The molecule has 0 aliphatic carbocycles. The predicted molar refractivity (Wildman–Crippen MR) is 81.2 cm³/mol. The molecule has 0 fully saturated rings. The van der Waals surface area contributed by atoms with Gasteiger partial charge in [0.05, 0.1) is 16.8 Å². The van der Waals surface area contributed by atoms with E-state index >= 15 is 0 Å². The highest BCUT2D eigenvalue weighted by Crippen LogP contribution is 2.26. The number of aromatic carboxylic acids is 1. The molecule has 1 heterocycles. The summed E-state index contributed by atoms with van der Waals surface area (Å²) in [6.45, 7) is 0. The summed E-state index contributed by atoms with van der Waals surface area (Å²) in [6.07, 6.45) is 1.67. The fourth-order valence-corrected chi connectivity index (χ4v) is 2.22. The number of nitrogens with zero attached hydrogens (tertiary/aromatic N) is 2. The van der Waals surface area contributed by atoms with Crippen molar-refractivity contribution in [3.8, 4) is 0 Å². The molecule has 6 heteroatoms. The number of hydrogen-bond donors (Lipinski definition) is 2. The van der Waals surface area contributed by atoms with Crippen molar-refractivity contribution >= 4 is 39.8 Å². The van der Waals surface area contributed by atoms with Crippen molar-refractivity contribution in [3.63, 3.8) is 0 Å². The number of benzene rings is 2. The van der Waals surface area contributed by atoms with Crippen LogP contribution in [-0.2, 0) is 0 Å². The Hall–Kier alpha value is -2.66.